The van der Waals surface area contributed by atoms with E-state index in [1.54, 1.807) is 17.1 Å². The van der Waals surface area contributed by atoms with Gasteiger partial charge >= 0.3 is 0 Å². The van der Waals surface area contributed by atoms with E-state index in [1.165, 1.54) is 0 Å². The quantitative estimate of drug-likeness (QED) is 0.644. The molecule has 0 bridgehead atoms. The lowest BCUT2D eigenvalue weighted by atomic mass is 10.0. The first-order valence-electron chi connectivity index (χ1n) is 6.09. The first kappa shape index (κ1) is 13.6. The van der Waals surface area contributed by atoms with Crippen molar-refractivity contribution >= 4 is 0 Å². The third kappa shape index (κ3) is 2.97. The van der Waals surface area contributed by atoms with Crippen LogP contribution in [0.4, 0.5) is 8.78 Å². The Bertz CT molecular complexity index is 553. The largest absolute Gasteiger partial charge is 0.272 e. The lowest BCUT2D eigenvalue weighted by Crippen LogP contribution is -2.29. The van der Waals surface area contributed by atoms with Gasteiger partial charge in [-0.25, -0.2) is 14.2 Å². The van der Waals surface area contributed by atoms with Gasteiger partial charge in [0.2, 0.25) is 0 Å². The summed E-state index contributed by atoms with van der Waals surface area (Å²) in [6.07, 6.45) is 4.32. The summed E-state index contributed by atoms with van der Waals surface area (Å²) in [5.41, 5.74) is 3.36. The Morgan fingerprint density at radius 2 is 2.21 bits per heavy atom. The van der Waals surface area contributed by atoms with Crippen LogP contribution in [0.1, 0.15) is 30.5 Å². The molecule has 0 saturated carbocycles. The molecule has 0 saturated heterocycles. The Morgan fingerprint density at radius 3 is 2.89 bits per heavy atom. The summed E-state index contributed by atoms with van der Waals surface area (Å²) in [5, 5.41) is 4.16. The van der Waals surface area contributed by atoms with Crippen molar-refractivity contribution in [3.05, 3.63) is 53.4 Å². The molecule has 1 aromatic heterocycles. The van der Waals surface area contributed by atoms with E-state index in [-0.39, 0.29) is 5.56 Å². The number of aryl methyl sites for hydroxylation is 1. The van der Waals surface area contributed by atoms with Gasteiger partial charge in [0.15, 0.2) is 0 Å². The highest BCUT2D eigenvalue weighted by molar-refractivity contribution is 5.30. The molecule has 4 nitrogen and oxygen atoms in total. The summed E-state index contributed by atoms with van der Waals surface area (Å²) < 4.78 is 28.7. The predicted molar refractivity (Wildman–Crippen MR) is 68.0 cm³/mol. The second-order valence-electron chi connectivity index (χ2n) is 4.30. The van der Waals surface area contributed by atoms with Crippen molar-refractivity contribution < 1.29 is 8.78 Å². The van der Waals surface area contributed by atoms with Gasteiger partial charge in [0.05, 0.1) is 12.2 Å². The number of hydrogen-bond donors (Lipinski definition) is 2. The fourth-order valence-electron chi connectivity index (χ4n) is 1.98. The molecule has 2 rings (SSSR count). The third-order valence-electron chi connectivity index (χ3n) is 2.87. The van der Waals surface area contributed by atoms with Crippen molar-refractivity contribution in [2.24, 2.45) is 5.84 Å². The summed E-state index contributed by atoms with van der Waals surface area (Å²) in [5.74, 6) is 4.45. The highest BCUT2D eigenvalue weighted by atomic mass is 19.1. The summed E-state index contributed by atoms with van der Waals surface area (Å²) in [4.78, 5) is 0. The SMILES string of the molecule is CCCn1cc(C(NN)c2cc(F)ccc2F)cn1. The molecule has 2 aromatic rings. The van der Waals surface area contributed by atoms with E-state index in [0.29, 0.717) is 5.56 Å². The lowest BCUT2D eigenvalue weighted by molar-refractivity contribution is 0.544. The van der Waals surface area contributed by atoms with Gasteiger partial charge in [-0.3, -0.25) is 10.5 Å². The second-order valence-corrected chi connectivity index (χ2v) is 4.30. The molecule has 102 valence electrons. The van der Waals surface area contributed by atoms with E-state index >= 15 is 0 Å². The van der Waals surface area contributed by atoms with Gasteiger partial charge in [-0.05, 0) is 24.6 Å². The zero-order valence-corrected chi connectivity index (χ0v) is 10.6. The third-order valence-corrected chi connectivity index (χ3v) is 2.87. The van der Waals surface area contributed by atoms with Crippen LogP contribution in [0.5, 0.6) is 0 Å². The van der Waals surface area contributed by atoms with Crippen LogP contribution < -0.4 is 11.3 Å². The van der Waals surface area contributed by atoms with Crippen LogP contribution in [0.25, 0.3) is 0 Å². The summed E-state index contributed by atoms with van der Waals surface area (Å²) in [7, 11) is 0. The van der Waals surface area contributed by atoms with Crippen LogP contribution in [0.15, 0.2) is 30.6 Å². The molecule has 0 aliphatic rings. The molecule has 19 heavy (non-hydrogen) atoms. The monoisotopic (exact) mass is 266 g/mol. The van der Waals surface area contributed by atoms with Crippen molar-refractivity contribution in [3.63, 3.8) is 0 Å². The van der Waals surface area contributed by atoms with Gasteiger partial charge < -0.3 is 0 Å². The maximum atomic E-state index is 13.8. The Hall–Kier alpha value is -1.79. The molecule has 0 amide bonds. The molecule has 0 fully saturated rings. The summed E-state index contributed by atoms with van der Waals surface area (Å²) >= 11 is 0. The molecule has 1 unspecified atom stereocenters. The number of hydrazine groups is 1. The van der Waals surface area contributed by atoms with Gasteiger partial charge in [-0.1, -0.05) is 6.92 Å². The second kappa shape index (κ2) is 5.90. The zero-order valence-electron chi connectivity index (χ0n) is 10.6. The molecule has 0 aliphatic heterocycles. The predicted octanol–water partition coefficient (Wildman–Crippen LogP) is 2.12. The van der Waals surface area contributed by atoms with Crippen molar-refractivity contribution in [3.8, 4) is 0 Å². The minimum atomic E-state index is -0.624. The molecule has 0 aliphatic carbocycles. The molecular formula is C13H16F2N4. The maximum absolute atomic E-state index is 13.8. The number of rotatable bonds is 5. The number of nitrogens with one attached hydrogen (secondary N) is 1. The van der Waals surface area contributed by atoms with Crippen LogP contribution in [-0.2, 0) is 6.54 Å². The molecule has 0 radical (unpaired) electrons. The Labute approximate surface area is 110 Å². The topological polar surface area (TPSA) is 55.9 Å². The van der Waals surface area contributed by atoms with E-state index in [1.807, 2.05) is 6.92 Å². The molecule has 1 heterocycles. The average molecular weight is 266 g/mol. The molecule has 0 spiro atoms. The summed E-state index contributed by atoms with van der Waals surface area (Å²) in [6, 6.07) is 2.68. The number of halogens is 2. The van der Waals surface area contributed by atoms with E-state index in [9.17, 15) is 8.78 Å². The number of aromatic nitrogens is 2. The normalized spacial score (nSPS) is 12.6. The van der Waals surface area contributed by atoms with Crippen LogP contribution in [-0.4, -0.2) is 9.78 Å². The van der Waals surface area contributed by atoms with E-state index in [0.717, 1.165) is 31.2 Å². The van der Waals surface area contributed by atoms with Gasteiger partial charge in [0.1, 0.15) is 11.6 Å². The van der Waals surface area contributed by atoms with E-state index in [4.69, 9.17) is 5.84 Å². The Balaban J connectivity index is 2.35. The summed E-state index contributed by atoms with van der Waals surface area (Å²) in [6.45, 7) is 2.80. The van der Waals surface area contributed by atoms with Gasteiger partial charge in [-0.15, -0.1) is 0 Å². The standard InChI is InChI=1S/C13H16F2N4/c1-2-5-19-8-9(7-17-19)13(18-16)11-6-10(14)3-4-12(11)15/h3-4,6-8,13,18H,2,5,16H2,1H3. The average Bonchev–Trinajstić information content (AvgIpc) is 2.83. The molecule has 6 heteroatoms. The maximum Gasteiger partial charge on any atom is 0.128 e. The number of hydrogen-bond acceptors (Lipinski definition) is 3. The van der Waals surface area contributed by atoms with Crippen LogP contribution >= 0.6 is 0 Å². The highest BCUT2D eigenvalue weighted by Crippen LogP contribution is 2.24. The Morgan fingerprint density at radius 1 is 1.42 bits per heavy atom. The van der Waals surface area contributed by atoms with Crippen molar-refractivity contribution in [2.45, 2.75) is 25.9 Å². The molecule has 1 aromatic carbocycles. The minimum absolute atomic E-state index is 0.165. The number of nitrogens with two attached hydrogens (primary N) is 1. The van der Waals surface area contributed by atoms with E-state index < -0.39 is 17.7 Å². The lowest BCUT2D eigenvalue weighted by Gasteiger charge is -2.15. The number of benzene rings is 1. The molecular weight excluding hydrogens is 250 g/mol. The van der Waals surface area contributed by atoms with Crippen molar-refractivity contribution in [1.29, 1.82) is 0 Å². The molecule has 1 atom stereocenters. The van der Waals surface area contributed by atoms with Crippen LogP contribution in [0.2, 0.25) is 0 Å². The van der Waals surface area contributed by atoms with Crippen LogP contribution in [0.3, 0.4) is 0 Å². The van der Waals surface area contributed by atoms with Crippen LogP contribution in [0, 0.1) is 11.6 Å². The smallest absolute Gasteiger partial charge is 0.128 e. The fourth-order valence-corrected chi connectivity index (χ4v) is 1.98. The van der Waals surface area contributed by atoms with Crippen molar-refractivity contribution in [2.75, 3.05) is 0 Å². The van der Waals surface area contributed by atoms with Gasteiger partial charge in [-0.2, -0.15) is 5.10 Å². The van der Waals surface area contributed by atoms with E-state index in [2.05, 4.69) is 10.5 Å². The first-order valence-corrected chi connectivity index (χ1v) is 6.09. The van der Waals surface area contributed by atoms with Gasteiger partial charge in [0, 0.05) is 23.9 Å². The zero-order chi connectivity index (χ0) is 13.8. The van der Waals surface area contributed by atoms with Crippen molar-refractivity contribution in [1.82, 2.24) is 15.2 Å². The highest BCUT2D eigenvalue weighted by Gasteiger charge is 2.19. The number of nitrogens with zero attached hydrogens (tertiary/aromatic N) is 2. The Kier molecular flexibility index (Phi) is 4.24. The fraction of sp³-hybridized carbons (Fsp3) is 0.308. The minimum Gasteiger partial charge on any atom is -0.272 e. The van der Waals surface area contributed by atoms with Gasteiger partial charge in [0.25, 0.3) is 0 Å². The molecule has 3 N–H and O–H groups in total. The first-order chi connectivity index (χ1) is 9.15.